The lowest BCUT2D eigenvalue weighted by Gasteiger charge is -2.16. The Morgan fingerprint density at radius 2 is 1.88 bits per heavy atom. The molecule has 7 heteroatoms. The number of ether oxygens (including phenoxy) is 2. The molecule has 0 spiro atoms. The van der Waals surface area contributed by atoms with Crippen molar-refractivity contribution < 1.29 is 14.3 Å². The van der Waals surface area contributed by atoms with Crippen LogP contribution in [-0.2, 0) is 5.41 Å². The topological polar surface area (TPSA) is 73.3 Å². The molecule has 6 nitrogen and oxygen atoms in total. The lowest BCUT2D eigenvalue weighted by atomic mass is 9.96. The number of benzene rings is 1. The number of anilines is 1. The van der Waals surface area contributed by atoms with E-state index in [4.69, 9.17) is 9.47 Å². The van der Waals surface area contributed by atoms with Gasteiger partial charge in [0.2, 0.25) is 0 Å². The van der Waals surface area contributed by atoms with Gasteiger partial charge in [-0.1, -0.05) is 27.7 Å². The summed E-state index contributed by atoms with van der Waals surface area (Å²) in [5, 5.41) is 2.80. The molecular formula is C19H24BrN3O3. The molecule has 1 amide bonds. The van der Waals surface area contributed by atoms with Gasteiger partial charge in [-0.3, -0.25) is 4.79 Å². The molecule has 0 aliphatic rings. The molecule has 1 N–H and O–H groups in total. The lowest BCUT2D eigenvalue weighted by molar-refractivity contribution is 0.102. The van der Waals surface area contributed by atoms with E-state index in [2.05, 4.69) is 31.2 Å². The fraction of sp³-hybridized carbons (Fsp3) is 0.421. The summed E-state index contributed by atoms with van der Waals surface area (Å²) in [5.41, 5.74) is 0.830. The van der Waals surface area contributed by atoms with Crippen LogP contribution in [0.15, 0.2) is 29.0 Å². The van der Waals surface area contributed by atoms with Crippen LogP contribution < -0.4 is 14.8 Å². The molecule has 26 heavy (non-hydrogen) atoms. The molecule has 1 aromatic heterocycles. The van der Waals surface area contributed by atoms with Crippen molar-refractivity contribution >= 4 is 27.5 Å². The Kier molecular flexibility index (Phi) is 6.58. The Hall–Kier alpha value is -2.15. The normalized spacial score (nSPS) is 11.2. The number of methoxy groups -OCH3 is 1. The molecule has 1 aromatic carbocycles. The van der Waals surface area contributed by atoms with Gasteiger partial charge in [0, 0.05) is 11.0 Å². The number of carbonyl (C=O) groups excluding carboxylic acids is 1. The third-order valence-corrected chi connectivity index (χ3v) is 4.11. The molecule has 0 saturated heterocycles. The van der Waals surface area contributed by atoms with Gasteiger partial charge < -0.3 is 14.8 Å². The van der Waals surface area contributed by atoms with Gasteiger partial charge in [0.25, 0.3) is 5.91 Å². The van der Waals surface area contributed by atoms with Crippen LogP contribution in [0.25, 0.3) is 0 Å². The molecule has 2 aromatic rings. The lowest BCUT2D eigenvalue weighted by Crippen LogP contribution is -2.17. The molecule has 0 aliphatic heterocycles. The van der Waals surface area contributed by atoms with Crippen LogP contribution in [0.1, 0.15) is 50.3 Å². The van der Waals surface area contributed by atoms with Crippen molar-refractivity contribution in [2.75, 3.05) is 19.0 Å². The molecule has 0 saturated carbocycles. The fourth-order valence-corrected chi connectivity index (χ4v) is 2.73. The predicted molar refractivity (Wildman–Crippen MR) is 105 cm³/mol. The van der Waals surface area contributed by atoms with Crippen molar-refractivity contribution in [3.63, 3.8) is 0 Å². The first-order valence-electron chi connectivity index (χ1n) is 8.40. The minimum Gasteiger partial charge on any atom is -0.493 e. The highest BCUT2D eigenvalue weighted by molar-refractivity contribution is 9.10. The Morgan fingerprint density at radius 3 is 2.42 bits per heavy atom. The van der Waals surface area contributed by atoms with Crippen LogP contribution in [0.3, 0.4) is 0 Å². The minimum absolute atomic E-state index is 0.144. The summed E-state index contributed by atoms with van der Waals surface area (Å²) >= 11 is 3.44. The maximum atomic E-state index is 12.6. The largest absolute Gasteiger partial charge is 0.493 e. The van der Waals surface area contributed by atoms with Gasteiger partial charge in [-0.05, 0) is 34.5 Å². The molecule has 140 valence electrons. The fourth-order valence-electron chi connectivity index (χ4n) is 2.18. The zero-order valence-corrected chi connectivity index (χ0v) is 17.3. The van der Waals surface area contributed by atoms with E-state index in [1.165, 1.54) is 0 Å². The number of aromatic nitrogens is 2. The number of amides is 1. The zero-order valence-electron chi connectivity index (χ0n) is 15.7. The average Bonchev–Trinajstić information content (AvgIpc) is 2.59. The second-order valence-electron chi connectivity index (χ2n) is 6.84. The van der Waals surface area contributed by atoms with Gasteiger partial charge in [0.05, 0.1) is 36.3 Å². The summed E-state index contributed by atoms with van der Waals surface area (Å²) in [5.74, 6) is 1.52. The maximum Gasteiger partial charge on any atom is 0.255 e. The summed E-state index contributed by atoms with van der Waals surface area (Å²) in [7, 11) is 1.54. The molecule has 2 rings (SSSR count). The van der Waals surface area contributed by atoms with Gasteiger partial charge in [-0.25, -0.2) is 9.97 Å². The number of rotatable bonds is 6. The van der Waals surface area contributed by atoms with Crippen molar-refractivity contribution in [2.24, 2.45) is 0 Å². The van der Waals surface area contributed by atoms with E-state index in [-0.39, 0.29) is 11.3 Å². The second-order valence-corrected chi connectivity index (χ2v) is 7.69. The second kappa shape index (κ2) is 8.49. The maximum absolute atomic E-state index is 12.6. The quantitative estimate of drug-likeness (QED) is 0.738. The Bertz CT molecular complexity index is 771. The summed E-state index contributed by atoms with van der Waals surface area (Å²) in [6, 6.07) is 3.35. The van der Waals surface area contributed by atoms with Gasteiger partial charge in [-0.15, -0.1) is 0 Å². The van der Waals surface area contributed by atoms with E-state index >= 15 is 0 Å². The first kappa shape index (κ1) is 20.2. The van der Waals surface area contributed by atoms with E-state index in [1.807, 2.05) is 27.7 Å². The molecule has 1 heterocycles. The van der Waals surface area contributed by atoms with E-state index < -0.39 is 0 Å². The highest BCUT2D eigenvalue weighted by atomic mass is 79.9. The number of hydrogen-bond donors (Lipinski definition) is 1. The summed E-state index contributed by atoms with van der Waals surface area (Å²) in [4.78, 5) is 21.2. The molecule has 0 radical (unpaired) electrons. The summed E-state index contributed by atoms with van der Waals surface area (Å²) < 4.78 is 11.7. The summed E-state index contributed by atoms with van der Waals surface area (Å²) in [6.07, 6.45) is 4.09. The molecule has 0 bridgehead atoms. The standard InChI is InChI=1S/C19H24BrN3O3/c1-6-7-26-16-14(20)8-12(9-15(16)25-5)17(24)23-13-10-21-18(22-11-13)19(2,3)4/h8-11H,6-7H2,1-5H3,(H,23,24). The third-order valence-electron chi connectivity index (χ3n) is 3.52. The van der Waals surface area contributed by atoms with Gasteiger partial charge in [0.1, 0.15) is 5.82 Å². The SMILES string of the molecule is CCCOc1c(Br)cc(C(=O)Nc2cnc(C(C)(C)C)nc2)cc1OC. The first-order chi connectivity index (χ1) is 12.3. The van der Waals surface area contributed by atoms with Crippen LogP contribution in [-0.4, -0.2) is 29.6 Å². The van der Waals surface area contributed by atoms with Crippen molar-refractivity contribution in [3.8, 4) is 11.5 Å². The first-order valence-corrected chi connectivity index (χ1v) is 9.19. The molecule has 0 aliphatic carbocycles. The third kappa shape index (κ3) is 4.94. The molecular weight excluding hydrogens is 398 g/mol. The van der Waals surface area contributed by atoms with Crippen LogP contribution >= 0.6 is 15.9 Å². The number of nitrogens with zero attached hydrogens (tertiary/aromatic N) is 2. The van der Waals surface area contributed by atoms with E-state index in [0.717, 1.165) is 12.2 Å². The van der Waals surface area contributed by atoms with E-state index in [9.17, 15) is 4.79 Å². The Balaban J connectivity index is 2.20. The van der Waals surface area contributed by atoms with Crippen molar-refractivity contribution in [3.05, 3.63) is 40.4 Å². The van der Waals surface area contributed by atoms with Crippen LogP contribution in [0.5, 0.6) is 11.5 Å². The van der Waals surface area contributed by atoms with Crippen molar-refractivity contribution in [2.45, 2.75) is 39.5 Å². The highest BCUT2D eigenvalue weighted by Gasteiger charge is 2.18. The zero-order chi connectivity index (χ0) is 19.3. The predicted octanol–water partition coefficient (Wildman–Crippen LogP) is 4.59. The highest BCUT2D eigenvalue weighted by Crippen LogP contribution is 2.37. The molecule has 0 fully saturated rings. The van der Waals surface area contributed by atoms with Crippen molar-refractivity contribution in [1.82, 2.24) is 9.97 Å². The smallest absolute Gasteiger partial charge is 0.255 e. The van der Waals surface area contributed by atoms with E-state index in [0.29, 0.717) is 33.8 Å². The van der Waals surface area contributed by atoms with Crippen molar-refractivity contribution in [1.29, 1.82) is 0 Å². The summed E-state index contributed by atoms with van der Waals surface area (Å²) in [6.45, 7) is 8.69. The van der Waals surface area contributed by atoms with Crippen LogP contribution in [0.4, 0.5) is 5.69 Å². The number of carbonyl (C=O) groups is 1. The minimum atomic E-state index is -0.279. The monoisotopic (exact) mass is 421 g/mol. The van der Waals surface area contributed by atoms with E-state index in [1.54, 1.807) is 31.6 Å². The number of hydrogen-bond acceptors (Lipinski definition) is 5. The molecule has 0 atom stereocenters. The number of nitrogens with one attached hydrogen (secondary N) is 1. The van der Waals surface area contributed by atoms with Gasteiger partial charge in [0.15, 0.2) is 11.5 Å². The van der Waals surface area contributed by atoms with Crippen LogP contribution in [0, 0.1) is 0 Å². The molecule has 0 unspecified atom stereocenters. The average molecular weight is 422 g/mol. The number of halogens is 1. The Labute approximate surface area is 162 Å². The van der Waals surface area contributed by atoms with Gasteiger partial charge >= 0.3 is 0 Å². The van der Waals surface area contributed by atoms with Gasteiger partial charge in [-0.2, -0.15) is 0 Å². The van der Waals surface area contributed by atoms with Crippen LogP contribution in [0.2, 0.25) is 0 Å². The Morgan fingerprint density at radius 1 is 1.23 bits per heavy atom.